The van der Waals surface area contributed by atoms with Gasteiger partial charge in [-0.15, -0.1) is 0 Å². The highest BCUT2D eigenvalue weighted by Gasteiger charge is 2.41. The first-order valence-electron chi connectivity index (χ1n) is 6.90. The molecule has 2 rings (SSSR count). The Morgan fingerprint density at radius 1 is 1.47 bits per heavy atom. The highest BCUT2D eigenvalue weighted by molar-refractivity contribution is 5.10. The van der Waals surface area contributed by atoms with Crippen molar-refractivity contribution < 1.29 is 0 Å². The Morgan fingerprint density at radius 2 is 2.24 bits per heavy atom. The van der Waals surface area contributed by atoms with Crippen LogP contribution in [-0.2, 0) is 13.0 Å². The number of hydrogen-bond acceptors (Lipinski definition) is 2. The molecule has 0 radical (unpaired) electrons. The zero-order valence-corrected chi connectivity index (χ0v) is 11.4. The Morgan fingerprint density at radius 3 is 2.76 bits per heavy atom. The largest absolute Gasteiger partial charge is 0.316 e. The van der Waals surface area contributed by atoms with Crippen molar-refractivity contribution in [3.8, 4) is 0 Å². The normalized spacial score (nSPS) is 19.2. The van der Waals surface area contributed by atoms with Gasteiger partial charge in [0, 0.05) is 19.3 Å². The van der Waals surface area contributed by atoms with E-state index in [0.717, 1.165) is 32.0 Å². The van der Waals surface area contributed by atoms with Gasteiger partial charge >= 0.3 is 0 Å². The first kappa shape index (κ1) is 12.6. The molecule has 1 aromatic heterocycles. The van der Waals surface area contributed by atoms with Crippen molar-refractivity contribution in [2.75, 3.05) is 13.1 Å². The monoisotopic (exact) mass is 235 g/mol. The van der Waals surface area contributed by atoms with Crippen LogP contribution in [0.25, 0.3) is 0 Å². The molecule has 1 saturated carbocycles. The van der Waals surface area contributed by atoms with Crippen LogP contribution in [0.3, 0.4) is 0 Å². The second kappa shape index (κ2) is 5.21. The van der Waals surface area contributed by atoms with E-state index in [1.54, 1.807) is 0 Å². The topological polar surface area (TPSA) is 29.9 Å². The summed E-state index contributed by atoms with van der Waals surface area (Å²) in [7, 11) is 0. The lowest BCUT2D eigenvalue weighted by molar-refractivity contribution is 0.258. The van der Waals surface area contributed by atoms with Crippen LogP contribution in [0.15, 0.2) is 12.4 Å². The summed E-state index contributed by atoms with van der Waals surface area (Å²) in [5.41, 5.74) is 1.80. The molecule has 1 unspecified atom stereocenters. The molecule has 0 saturated heterocycles. The van der Waals surface area contributed by atoms with Crippen molar-refractivity contribution in [3.63, 3.8) is 0 Å². The Kier molecular flexibility index (Phi) is 3.87. The summed E-state index contributed by atoms with van der Waals surface area (Å²) in [5.74, 6) is 0.909. The van der Waals surface area contributed by atoms with Gasteiger partial charge in [-0.25, -0.2) is 0 Å². The van der Waals surface area contributed by atoms with Crippen molar-refractivity contribution in [2.45, 2.75) is 46.6 Å². The maximum Gasteiger partial charge on any atom is 0.0521 e. The lowest BCUT2D eigenvalue weighted by atomic mass is 9.79. The summed E-state index contributed by atoms with van der Waals surface area (Å²) < 4.78 is 2.02. The van der Waals surface area contributed by atoms with Crippen LogP contribution in [-0.4, -0.2) is 22.9 Å². The molecule has 1 fully saturated rings. The molecule has 1 heterocycles. The lowest BCUT2D eigenvalue weighted by Gasteiger charge is -2.29. The molecule has 3 heteroatoms. The van der Waals surface area contributed by atoms with Crippen molar-refractivity contribution in [1.82, 2.24) is 15.1 Å². The van der Waals surface area contributed by atoms with E-state index in [0.29, 0.717) is 5.41 Å². The Labute approximate surface area is 105 Å². The molecule has 0 spiro atoms. The van der Waals surface area contributed by atoms with Crippen LogP contribution in [0.2, 0.25) is 0 Å². The van der Waals surface area contributed by atoms with E-state index in [-0.39, 0.29) is 0 Å². The number of aromatic nitrogens is 2. The molecule has 1 N–H and O–H groups in total. The first-order valence-corrected chi connectivity index (χ1v) is 6.90. The maximum atomic E-state index is 4.38. The van der Waals surface area contributed by atoms with Crippen molar-refractivity contribution in [1.29, 1.82) is 0 Å². The average molecular weight is 235 g/mol. The number of rotatable bonds is 7. The van der Waals surface area contributed by atoms with Crippen LogP contribution in [0.1, 0.15) is 39.2 Å². The molecule has 0 aliphatic heterocycles. The zero-order chi connectivity index (χ0) is 12.3. The van der Waals surface area contributed by atoms with Gasteiger partial charge in [0.1, 0.15) is 0 Å². The van der Waals surface area contributed by atoms with Gasteiger partial charge < -0.3 is 5.32 Å². The first-order chi connectivity index (χ1) is 8.18. The van der Waals surface area contributed by atoms with E-state index in [9.17, 15) is 0 Å². The summed E-state index contributed by atoms with van der Waals surface area (Å²) in [4.78, 5) is 0. The Bertz CT molecular complexity index is 354. The lowest BCUT2D eigenvalue weighted by Crippen LogP contribution is -2.35. The van der Waals surface area contributed by atoms with Crippen LogP contribution in [0.5, 0.6) is 0 Å². The van der Waals surface area contributed by atoms with Gasteiger partial charge in [-0.05, 0) is 49.6 Å². The van der Waals surface area contributed by atoms with Crippen LogP contribution >= 0.6 is 0 Å². The minimum Gasteiger partial charge on any atom is -0.316 e. The minimum atomic E-state index is 0.414. The van der Waals surface area contributed by atoms with Crippen molar-refractivity contribution >= 4 is 0 Å². The van der Waals surface area contributed by atoms with Gasteiger partial charge in [0.05, 0.1) is 6.20 Å². The van der Waals surface area contributed by atoms with E-state index < -0.39 is 0 Å². The summed E-state index contributed by atoms with van der Waals surface area (Å²) >= 11 is 0. The molecular weight excluding hydrogens is 210 g/mol. The molecule has 1 aliphatic rings. The quantitative estimate of drug-likeness (QED) is 0.787. The molecule has 1 aromatic rings. The van der Waals surface area contributed by atoms with E-state index in [1.165, 1.54) is 18.4 Å². The van der Waals surface area contributed by atoms with Gasteiger partial charge in [-0.3, -0.25) is 4.68 Å². The van der Waals surface area contributed by atoms with Gasteiger partial charge in [-0.1, -0.05) is 13.8 Å². The third kappa shape index (κ3) is 3.09. The van der Waals surface area contributed by atoms with Crippen LogP contribution in [0, 0.1) is 11.3 Å². The molecule has 96 valence electrons. The Balaban J connectivity index is 2.01. The summed E-state index contributed by atoms with van der Waals surface area (Å²) in [6.45, 7) is 9.91. The van der Waals surface area contributed by atoms with E-state index >= 15 is 0 Å². The minimum absolute atomic E-state index is 0.414. The SMILES string of the molecule is CCNCC(C)(Cc1cnn(CC)c1)C1CC1. The standard InChI is InChI=1S/C14H25N3/c1-4-15-11-14(3,13-6-7-13)8-12-9-16-17(5-2)10-12/h9-10,13,15H,4-8,11H2,1-3H3. The summed E-state index contributed by atoms with van der Waals surface area (Å²) in [5, 5.41) is 7.90. The van der Waals surface area contributed by atoms with E-state index in [4.69, 9.17) is 0 Å². The smallest absolute Gasteiger partial charge is 0.0521 e. The summed E-state index contributed by atoms with van der Waals surface area (Å²) in [6, 6.07) is 0. The average Bonchev–Trinajstić information content (AvgIpc) is 3.09. The van der Waals surface area contributed by atoms with Crippen LogP contribution < -0.4 is 5.32 Å². The van der Waals surface area contributed by atoms with Gasteiger partial charge in [-0.2, -0.15) is 5.10 Å². The Hall–Kier alpha value is -0.830. The van der Waals surface area contributed by atoms with Gasteiger partial charge in [0.2, 0.25) is 0 Å². The number of nitrogens with zero attached hydrogens (tertiary/aromatic N) is 2. The molecule has 1 atom stereocenters. The summed E-state index contributed by atoms with van der Waals surface area (Å²) in [6.07, 6.45) is 8.21. The third-order valence-electron chi connectivity index (χ3n) is 3.96. The van der Waals surface area contributed by atoms with Crippen LogP contribution in [0.4, 0.5) is 0 Å². The molecule has 0 bridgehead atoms. The zero-order valence-electron chi connectivity index (χ0n) is 11.4. The second-order valence-corrected chi connectivity index (χ2v) is 5.59. The highest BCUT2D eigenvalue weighted by atomic mass is 15.3. The molecule has 0 amide bonds. The van der Waals surface area contributed by atoms with Crippen molar-refractivity contribution in [3.05, 3.63) is 18.0 Å². The van der Waals surface area contributed by atoms with E-state index in [2.05, 4.69) is 37.4 Å². The third-order valence-corrected chi connectivity index (χ3v) is 3.96. The van der Waals surface area contributed by atoms with Gasteiger partial charge in [0.25, 0.3) is 0 Å². The fourth-order valence-electron chi connectivity index (χ4n) is 2.68. The fourth-order valence-corrected chi connectivity index (χ4v) is 2.68. The highest BCUT2D eigenvalue weighted by Crippen LogP contribution is 2.47. The molecule has 3 nitrogen and oxygen atoms in total. The number of hydrogen-bond donors (Lipinski definition) is 1. The predicted octanol–water partition coefficient (Wildman–Crippen LogP) is 2.47. The molecular formula is C14H25N3. The molecule has 17 heavy (non-hydrogen) atoms. The van der Waals surface area contributed by atoms with Gasteiger partial charge in [0.15, 0.2) is 0 Å². The maximum absolute atomic E-state index is 4.38. The molecule has 1 aliphatic carbocycles. The predicted molar refractivity (Wildman–Crippen MR) is 71.0 cm³/mol. The van der Waals surface area contributed by atoms with E-state index in [1.807, 2.05) is 10.9 Å². The number of nitrogens with one attached hydrogen (secondary N) is 1. The number of aryl methyl sites for hydroxylation is 1. The second-order valence-electron chi connectivity index (χ2n) is 5.59. The fraction of sp³-hybridized carbons (Fsp3) is 0.786. The molecule has 0 aromatic carbocycles. The van der Waals surface area contributed by atoms with Crippen molar-refractivity contribution in [2.24, 2.45) is 11.3 Å².